The van der Waals surface area contributed by atoms with E-state index in [9.17, 15) is 9.59 Å². The molecule has 8 rings (SSSR count). The quantitative estimate of drug-likeness (QED) is 0.431. The van der Waals surface area contributed by atoms with Crippen LogP contribution in [-0.2, 0) is 9.59 Å². The zero-order chi connectivity index (χ0) is 24.6. The number of carbonyl (C=O) groups is 2. The Hall–Kier alpha value is -2.57. The average Bonchev–Trinajstić information content (AvgIpc) is 3.38. The van der Waals surface area contributed by atoms with Crippen molar-refractivity contribution in [2.75, 3.05) is 4.90 Å². The SMILES string of the molecule is Cc1ccc2nc(-c3ccc(N4C(=O)C[C@H](N[C@@H](C)C56CC7CC(CC(C7)C5)C6)C4=O)cc3)sc2c1. The molecule has 1 aliphatic heterocycles. The summed E-state index contributed by atoms with van der Waals surface area (Å²) in [7, 11) is 0. The number of hydrogen-bond donors (Lipinski definition) is 1. The second kappa shape index (κ2) is 8.22. The molecule has 0 unspecified atom stereocenters. The van der Waals surface area contributed by atoms with Crippen molar-refractivity contribution in [2.45, 2.75) is 70.9 Å². The third-order valence-corrected chi connectivity index (χ3v) is 10.6. The molecule has 2 heterocycles. The second-order valence-electron chi connectivity index (χ2n) is 12.0. The first-order valence-electron chi connectivity index (χ1n) is 13.5. The lowest BCUT2D eigenvalue weighted by atomic mass is 9.48. The van der Waals surface area contributed by atoms with Gasteiger partial charge in [0.2, 0.25) is 5.91 Å². The third kappa shape index (κ3) is 3.64. The minimum Gasteiger partial charge on any atom is -0.302 e. The van der Waals surface area contributed by atoms with Crippen molar-refractivity contribution < 1.29 is 9.59 Å². The lowest BCUT2D eigenvalue weighted by Crippen LogP contribution is -2.57. The molecule has 186 valence electrons. The summed E-state index contributed by atoms with van der Waals surface area (Å²) < 4.78 is 1.17. The van der Waals surface area contributed by atoms with Crippen LogP contribution in [0.25, 0.3) is 20.8 Å². The van der Waals surface area contributed by atoms with E-state index in [2.05, 4.69) is 37.4 Å². The van der Waals surface area contributed by atoms with Crippen molar-refractivity contribution >= 4 is 39.1 Å². The van der Waals surface area contributed by atoms with Crippen LogP contribution in [0.5, 0.6) is 0 Å². The molecule has 0 radical (unpaired) electrons. The molecule has 4 bridgehead atoms. The highest BCUT2D eigenvalue weighted by atomic mass is 32.1. The molecule has 2 atom stereocenters. The van der Waals surface area contributed by atoms with E-state index in [0.717, 1.165) is 33.8 Å². The second-order valence-corrected chi connectivity index (χ2v) is 13.1. The van der Waals surface area contributed by atoms with Gasteiger partial charge in [-0.2, -0.15) is 0 Å². The zero-order valence-corrected chi connectivity index (χ0v) is 21.8. The number of fused-ring (bicyclic) bond motifs is 1. The molecule has 1 aromatic heterocycles. The van der Waals surface area contributed by atoms with Crippen LogP contribution in [0.3, 0.4) is 0 Å². The summed E-state index contributed by atoms with van der Waals surface area (Å²) in [4.78, 5) is 32.5. The normalized spacial score (nSPS) is 32.1. The van der Waals surface area contributed by atoms with E-state index in [1.807, 2.05) is 24.3 Å². The number of imide groups is 1. The Morgan fingerprint density at radius 3 is 2.33 bits per heavy atom. The van der Waals surface area contributed by atoms with E-state index >= 15 is 0 Å². The predicted octanol–water partition coefficient (Wildman–Crippen LogP) is 6.10. The summed E-state index contributed by atoms with van der Waals surface area (Å²) in [6, 6.07) is 13.8. The van der Waals surface area contributed by atoms with Gasteiger partial charge in [-0.3, -0.25) is 9.59 Å². The van der Waals surface area contributed by atoms with Gasteiger partial charge in [-0.25, -0.2) is 9.88 Å². The van der Waals surface area contributed by atoms with Crippen molar-refractivity contribution in [2.24, 2.45) is 23.2 Å². The van der Waals surface area contributed by atoms with Crippen molar-refractivity contribution in [1.82, 2.24) is 10.3 Å². The Bertz CT molecular complexity index is 1320. The highest BCUT2D eigenvalue weighted by molar-refractivity contribution is 7.21. The Labute approximate surface area is 216 Å². The molecule has 5 fully saturated rings. The summed E-state index contributed by atoms with van der Waals surface area (Å²) in [5.41, 5.74) is 4.18. The Morgan fingerprint density at radius 1 is 1.00 bits per heavy atom. The maximum absolute atomic E-state index is 13.4. The van der Waals surface area contributed by atoms with E-state index < -0.39 is 6.04 Å². The number of anilines is 1. The van der Waals surface area contributed by atoms with E-state index in [1.54, 1.807) is 11.3 Å². The van der Waals surface area contributed by atoms with Crippen molar-refractivity contribution in [3.05, 3.63) is 48.0 Å². The summed E-state index contributed by atoms with van der Waals surface area (Å²) in [6.07, 6.45) is 8.35. The van der Waals surface area contributed by atoms with Gasteiger partial charge in [0.25, 0.3) is 5.91 Å². The first-order valence-corrected chi connectivity index (χ1v) is 14.3. The number of nitrogens with one attached hydrogen (secondary N) is 1. The van der Waals surface area contributed by atoms with E-state index in [0.29, 0.717) is 11.1 Å². The van der Waals surface area contributed by atoms with E-state index in [4.69, 9.17) is 4.98 Å². The standard InChI is InChI=1S/C30H33N3O2S/c1-17-3-8-24-26(9-17)36-28(32-24)22-4-6-23(7-5-22)33-27(34)13-25(29(33)35)31-18(2)30-14-19-10-20(15-30)12-21(11-19)16-30/h3-9,18-21,25,31H,10-16H2,1-2H3/t18-,19?,20?,21?,25-,30?/m0/s1. The van der Waals surface area contributed by atoms with Crippen molar-refractivity contribution in [3.63, 3.8) is 0 Å². The zero-order valence-electron chi connectivity index (χ0n) is 21.0. The predicted molar refractivity (Wildman–Crippen MR) is 144 cm³/mol. The van der Waals surface area contributed by atoms with Gasteiger partial charge < -0.3 is 5.32 Å². The number of hydrogen-bond acceptors (Lipinski definition) is 5. The van der Waals surface area contributed by atoms with Gasteiger partial charge in [0.15, 0.2) is 0 Å². The van der Waals surface area contributed by atoms with Crippen LogP contribution in [-0.4, -0.2) is 28.9 Å². The van der Waals surface area contributed by atoms with Crippen LogP contribution < -0.4 is 10.2 Å². The Balaban J connectivity index is 1.07. The van der Waals surface area contributed by atoms with Gasteiger partial charge in [0.05, 0.1) is 28.4 Å². The number of benzene rings is 2. The van der Waals surface area contributed by atoms with Gasteiger partial charge in [-0.05, 0) is 118 Å². The number of thiazole rings is 1. The summed E-state index contributed by atoms with van der Waals surface area (Å²) in [6.45, 7) is 4.35. The van der Waals surface area contributed by atoms with Gasteiger partial charge >= 0.3 is 0 Å². The fourth-order valence-electron chi connectivity index (χ4n) is 8.13. The molecule has 5 nitrogen and oxygen atoms in total. The molecule has 4 saturated carbocycles. The molecule has 2 amide bonds. The highest BCUT2D eigenvalue weighted by Gasteiger charge is 2.54. The van der Waals surface area contributed by atoms with Crippen LogP contribution in [0.1, 0.15) is 57.4 Å². The maximum atomic E-state index is 13.4. The first kappa shape index (κ1) is 22.6. The van der Waals surface area contributed by atoms with Gasteiger partial charge in [-0.15, -0.1) is 11.3 Å². The van der Waals surface area contributed by atoms with Gasteiger partial charge in [0, 0.05) is 11.6 Å². The summed E-state index contributed by atoms with van der Waals surface area (Å²) in [5, 5.41) is 4.60. The number of rotatable bonds is 5. The molecule has 0 spiro atoms. The number of carbonyl (C=O) groups excluding carboxylic acids is 2. The van der Waals surface area contributed by atoms with Crippen molar-refractivity contribution in [3.8, 4) is 10.6 Å². The maximum Gasteiger partial charge on any atom is 0.251 e. The number of nitrogens with zero attached hydrogens (tertiary/aromatic N) is 2. The fraction of sp³-hybridized carbons (Fsp3) is 0.500. The van der Waals surface area contributed by atoms with Crippen LogP contribution in [0.4, 0.5) is 5.69 Å². The largest absolute Gasteiger partial charge is 0.302 e. The molecule has 2 aromatic carbocycles. The molecule has 5 aliphatic rings. The highest BCUT2D eigenvalue weighted by Crippen LogP contribution is 2.61. The number of amides is 2. The van der Waals surface area contributed by atoms with E-state index in [1.165, 1.54) is 53.7 Å². The smallest absolute Gasteiger partial charge is 0.251 e. The summed E-state index contributed by atoms with van der Waals surface area (Å²) >= 11 is 1.67. The van der Waals surface area contributed by atoms with Gasteiger partial charge in [0.1, 0.15) is 5.01 Å². The van der Waals surface area contributed by atoms with Crippen LogP contribution in [0.2, 0.25) is 0 Å². The Kier molecular flexibility index (Phi) is 5.16. The van der Waals surface area contributed by atoms with Gasteiger partial charge in [-0.1, -0.05) is 6.07 Å². The molecule has 36 heavy (non-hydrogen) atoms. The van der Waals surface area contributed by atoms with Crippen LogP contribution >= 0.6 is 11.3 Å². The molecule has 1 saturated heterocycles. The molecule has 4 aliphatic carbocycles. The third-order valence-electron chi connectivity index (χ3n) is 9.52. The van der Waals surface area contributed by atoms with Crippen LogP contribution in [0, 0.1) is 30.1 Å². The lowest BCUT2D eigenvalue weighted by Gasteiger charge is -2.59. The fourth-order valence-corrected chi connectivity index (χ4v) is 9.20. The molecule has 6 heteroatoms. The molecular formula is C30H33N3O2S. The average molecular weight is 500 g/mol. The van der Waals surface area contributed by atoms with E-state index in [-0.39, 0.29) is 24.3 Å². The molecule has 1 N–H and O–H groups in total. The molecular weight excluding hydrogens is 466 g/mol. The topological polar surface area (TPSA) is 62.3 Å². The Morgan fingerprint density at radius 2 is 1.67 bits per heavy atom. The van der Waals surface area contributed by atoms with Crippen molar-refractivity contribution in [1.29, 1.82) is 0 Å². The molecule has 3 aromatic rings. The minimum absolute atomic E-state index is 0.111. The van der Waals surface area contributed by atoms with Crippen LogP contribution in [0.15, 0.2) is 42.5 Å². The first-order chi connectivity index (χ1) is 17.4. The minimum atomic E-state index is -0.423. The monoisotopic (exact) mass is 499 g/mol. The number of aryl methyl sites for hydroxylation is 1. The summed E-state index contributed by atoms with van der Waals surface area (Å²) in [5.74, 6) is 2.39. The lowest BCUT2D eigenvalue weighted by molar-refractivity contribution is -0.122. The number of aromatic nitrogens is 1.